The average molecular weight is 284 g/mol. The van der Waals surface area contributed by atoms with Gasteiger partial charge in [0, 0.05) is 38.5 Å². The molecule has 0 N–H and O–H groups in total. The van der Waals surface area contributed by atoms with E-state index < -0.39 is 0 Å². The zero-order chi connectivity index (χ0) is 14.8. The molecule has 5 heteroatoms. The van der Waals surface area contributed by atoms with E-state index in [9.17, 15) is 4.79 Å². The van der Waals surface area contributed by atoms with Crippen LogP contribution in [0.2, 0.25) is 0 Å². The van der Waals surface area contributed by atoms with Crippen molar-refractivity contribution in [2.45, 2.75) is 12.8 Å². The maximum atomic E-state index is 12.0. The quantitative estimate of drug-likeness (QED) is 0.845. The third-order valence-corrected chi connectivity index (χ3v) is 4.11. The van der Waals surface area contributed by atoms with Crippen LogP contribution in [0.25, 0.3) is 10.9 Å². The molecular formula is C16H20N4O. The summed E-state index contributed by atoms with van der Waals surface area (Å²) in [5.74, 6) is 1.36. The van der Waals surface area contributed by atoms with Gasteiger partial charge >= 0.3 is 0 Å². The van der Waals surface area contributed by atoms with Crippen molar-refractivity contribution in [3.8, 4) is 0 Å². The molecule has 1 aliphatic heterocycles. The molecule has 1 aromatic heterocycles. The van der Waals surface area contributed by atoms with Crippen molar-refractivity contribution < 1.29 is 4.79 Å². The highest BCUT2D eigenvalue weighted by atomic mass is 16.2. The Hall–Kier alpha value is -2.17. The zero-order valence-electron chi connectivity index (χ0n) is 12.5. The summed E-state index contributed by atoms with van der Waals surface area (Å²) in [5.41, 5.74) is 0.967. The predicted octanol–water partition coefficient (Wildman–Crippen LogP) is 1.93. The lowest BCUT2D eigenvalue weighted by Gasteiger charge is -2.33. The first-order valence-electron chi connectivity index (χ1n) is 7.32. The van der Waals surface area contributed by atoms with E-state index in [0.29, 0.717) is 0 Å². The standard InChI is InChI=1S/C16H20N4O/c1-19(2)16(21)12-7-9-20(10-8-12)15-13-5-3-4-6-14(13)17-11-18-15/h3-6,11-12H,7-10H2,1-2H3. The predicted molar refractivity (Wildman–Crippen MR) is 83.2 cm³/mol. The van der Waals surface area contributed by atoms with Crippen LogP contribution in [-0.4, -0.2) is 48.0 Å². The van der Waals surface area contributed by atoms with Crippen LogP contribution in [-0.2, 0) is 4.79 Å². The summed E-state index contributed by atoms with van der Waals surface area (Å²) in [6, 6.07) is 8.06. The minimum atomic E-state index is 0.143. The molecule has 0 saturated carbocycles. The van der Waals surface area contributed by atoms with Crippen molar-refractivity contribution >= 4 is 22.6 Å². The van der Waals surface area contributed by atoms with Crippen LogP contribution >= 0.6 is 0 Å². The fourth-order valence-electron chi connectivity index (χ4n) is 2.95. The van der Waals surface area contributed by atoms with Gasteiger partial charge in [0.2, 0.25) is 5.91 Å². The lowest BCUT2D eigenvalue weighted by molar-refractivity contribution is -0.133. The number of nitrogens with zero attached hydrogens (tertiary/aromatic N) is 4. The summed E-state index contributed by atoms with van der Waals surface area (Å²) < 4.78 is 0. The molecule has 5 nitrogen and oxygen atoms in total. The van der Waals surface area contributed by atoms with E-state index in [-0.39, 0.29) is 11.8 Å². The summed E-state index contributed by atoms with van der Waals surface area (Å²) in [7, 11) is 3.65. The molecule has 0 spiro atoms. The van der Waals surface area contributed by atoms with Crippen LogP contribution in [0.1, 0.15) is 12.8 Å². The molecule has 1 aromatic carbocycles. The Kier molecular flexibility index (Phi) is 3.73. The van der Waals surface area contributed by atoms with Crippen molar-refractivity contribution in [3.05, 3.63) is 30.6 Å². The van der Waals surface area contributed by atoms with Crippen LogP contribution in [0.4, 0.5) is 5.82 Å². The van der Waals surface area contributed by atoms with Gasteiger partial charge in [-0.3, -0.25) is 4.79 Å². The summed E-state index contributed by atoms with van der Waals surface area (Å²) in [4.78, 5) is 24.8. The molecule has 0 bridgehead atoms. The van der Waals surface area contributed by atoms with E-state index in [2.05, 4.69) is 20.9 Å². The van der Waals surface area contributed by atoms with Gasteiger partial charge in [0.05, 0.1) is 5.52 Å². The Balaban J connectivity index is 1.79. The second kappa shape index (κ2) is 5.68. The van der Waals surface area contributed by atoms with Gasteiger partial charge in [-0.1, -0.05) is 12.1 Å². The van der Waals surface area contributed by atoms with Crippen LogP contribution in [0.5, 0.6) is 0 Å². The SMILES string of the molecule is CN(C)C(=O)C1CCN(c2ncnc3ccccc23)CC1. The van der Waals surface area contributed by atoms with E-state index in [0.717, 1.165) is 42.7 Å². The number of fused-ring (bicyclic) bond motifs is 1. The van der Waals surface area contributed by atoms with E-state index in [1.807, 2.05) is 32.3 Å². The van der Waals surface area contributed by atoms with E-state index >= 15 is 0 Å². The number of carbonyl (C=O) groups is 1. The third-order valence-electron chi connectivity index (χ3n) is 4.11. The molecule has 0 unspecified atom stereocenters. The Morgan fingerprint density at radius 1 is 1.19 bits per heavy atom. The normalized spacial score (nSPS) is 16.2. The Morgan fingerprint density at radius 2 is 1.90 bits per heavy atom. The molecule has 0 radical (unpaired) electrons. The molecule has 0 aliphatic carbocycles. The molecule has 1 saturated heterocycles. The zero-order valence-corrected chi connectivity index (χ0v) is 12.5. The smallest absolute Gasteiger partial charge is 0.225 e. The highest BCUT2D eigenvalue weighted by Crippen LogP contribution is 2.27. The van der Waals surface area contributed by atoms with Gasteiger partial charge in [0.15, 0.2) is 0 Å². The molecule has 0 atom stereocenters. The van der Waals surface area contributed by atoms with Gasteiger partial charge < -0.3 is 9.80 Å². The van der Waals surface area contributed by atoms with Gasteiger partial charge in [-0.25, -0.2) is 9.97 Å². The largest absolute Gasteiger partial charge is 0.356 e. The number of piperidine rings is 1. The monoisotopic (exact) mass is 284 g/mol. The molecule has 2 aromatic rings. The number of amides is 1. The van der Waals surface area contributed by atoms with Crippen molar-refractivity contribution in [3.63, 3.8) is 0 Å². The Labute approximate surface area is 124 Å². The molecule has 110 valence electrons. The topological polar surface area (TPSA) is 49.3 Å². The molecule has 3 rings (SSSR count). The number of para-hydroxylation sites is 1. The molecule has 2 heterocycles. The van der Waals surface area contributed by atoms with E-state index in [1.54, 1.807) is 11.2 Å². The number of aromatic nitrogens is 2. The average Bonchev–Trinajstić information content (AvgIpc) is 2.53. The summed E-state index contributed by atoms with van der Waals surface area (Å²) >= 11 is 0. The summed E-state index contributed by atoms with van der Waals surface area (Å²) in [6.07, 6.45) is 3.39. The molecular weight excluding hydrogens is 264 g/mol. The fourth-order valence-corrected chi connectivity index (χ4v) is 2.95. The van der Waals surface area contributed by atoms with Gasteiger partial charge in [-0.2, -0.15) is 0 Å². The number of anilines is 1. The van der Waals surface area contributed by atoms with Crippen molar-refractivity contribution in [2.75, 3.05) is 32.1 Å². The number of hydrogen-bond donors (Lipinski definition) is 0. The van der Waals surface area contributed by atoms with E-state index in [1.165, 1.54) is 0 Å². The lowest BCUT2D eigenvalue weighted by atomic mass is 9.95. The highest BCUT2D eigenvalue weighted by Gasteiger charge is 2.27. The van der Waals surface area contributed by atoms with Gasteiger partial charge in [-0.15, -0.1) is 0 Å². The summed E-state index contributed by atoms with van der Waals surface area (Å²) in [6.45, 7) is 1.73. The first-order valence-corrected chi connectivity index (χ1v) is 7.32. The molecule has 1 fully saturated rings. The minimum absolute atomic E-state index is 0.143. The van der Waals surface area contributed by atoms with Gasteiger partial charge in [0.1, 0.15) is 12.1 Å². The van der Waals surface area contributed by atoms with Crippen molar-refractivity contribution in [1.82, 2.24) is 14.9 Å². The summed E-state index contributed by atoms with van der Waals surface area (Å²) in [5, 5.41) is 1.08. The van der Waals surface area contributed by atoms with Gasteiger partial charge in [0.25, 0.3) is 0 Å². The maximum Gasteiger partial charge on any atom is 0.225 e. The second-order valence-corrected chi connectivity index (χ2v) is 5.71. The number of benzene rings is 1. The Bertz CT molecular complexity index is 642. The first kappa shape index (κ1) is 13.8. The molecule has 21 heavy (non-hydrogen) atoms. The number of carbonyl (C=O) groups excluding carboxylic acids is 1. The number of hydrogen-bond acceptors (Lipinski definition) is 4. The minimum Gasteiger partial charge on any atom is -0.356 e. The second-order valence-electron chi connectivity index (χ2n) is 5.71. The first-order chi connectivity index (χ1) is 10.2. The van der Waals surface area contributed by atoms with Gasteiger partial charge in [-0.05, 0) is 25.0 Å². The molecule has 1 aliphatic rings. The highest BCUT2D eigenvalue weighted by molar-refractivity contribution is 5.89. The molecule has 1 amide bonds. The van der Waals surface area contributed by atoms with Crippen LogP contribution in [0, 0.1) is 5.92 Å². The Morgan fingerprint density at radius 3 is 2.62 bits per heavy atom. The fraction of sp³-hybridized carbons (Fsp3) is 0.438. The van der Waals surface area contributed by atoms with Crippen LogP contribution in [0.3, 0.4) is 0 Å². The number of rotatable bonds is 2. The van der Waals surface area contributed by atoms with Crippen LogP contribution in [0.15, 0.2) is 30.6 Å². The third kappa shape index (κ3) is 2.68. The van der Waals surface area contributed by atoms with Crippen LogP contribution < -0.4 is 4.90 Å². The lowest BCUT2D eigenvalue weighted by Crippen LogP contribution is -2.40. The maximum absolute atomic E-state index is 12.0. The van der Waals surface area contributed by atoms with E-state index in [4.69, 9.17) is 0 Å². The van der Waals surface area contributed by atoms with Crippen molar-refractivity contribution in [1.29, 1.82) is 0 Å². The van der Waals surface area contributed by atoms with Crippen molar-refractivity contribution in [2.24, 2.45) is 5.92 Å².